The Kier molecular flexibility index (Phi) is 10.5. The summed E-state index contributed by atoms with van der Waals surface area (Å²) in [7, 11) is 1.92. The second-order valence-corrected chi connectivity index (χ2v) is 12.2. The van der Waals surface area contributed by atoms with Crippen LogP contribution in [0.2, 0.25) is 0 Å². The summed E-state index contributed by atoms with van der Waals surface area (Å²) >= 11 is 6.34. The molecule has 0 amide bonds. The van der Waals surface area contributed by atoms with Crippen molar-refractivity contribution in [1.82, 2.24) is 4.90 Å². The van der Waals surface area contributed by atoms with Gasteiger partial charge in [-0.2, -0.15) is 12.6 Å². The third kappa shape index (κ3) is 6.85. The molecule has 2 aliphatic rings. The average Bonchev–Trinajstić information content (AvgIpc) is 2.80. The number of rotatable bonds is 11. The van der Waals surface area contributed by atoms with E-state index in [0.29, 0.717) is 5.92 Å². The first-order valence-corrected chi connectivity index (χ1v) is 14.5. The van der Waals surface area contributed by atoms with Gasteiger partial charge in [-0.3, -0.25) is 4.79 Å². The van der Waals surface area contributed by atoms with Gasteiger partial charge < -0.3 is 4.90 Å². The van der Waals surface area contributed by atoms with Crippen molar-refractivity contribution in [1.29, 1.82) is 0 Å². The van der Waals surface area contributed by atoms with Crippen molar-refractivity contribution in [3.63, 3.8) is 0 Å². The highest BCUT2D eigenvalue weighted by Crippen LogP contribution is 2.41. The highest BCUT2D eigenvalue weighted by atomic mass is 32.2. The minimum atomic E-state index is 0.0269. The number of unbranched alkanes of at least 4 members (excludes halogenated alkanes) is 3. The first-order valence-electron chi connectivity index (χ1n) is 13.1. The molecule has 1 aliphatic heterocycles. The van der Waals surface area contributed by atoms with Crippen LogP contribution in [0.4, 0.5) is 0 Å². The van der Waals surface area contributed by atoms with E-state index in [9.17, 15) is 4.79 Å². The lowest BCUT2D eigenvalue weighted by atomic mass is 9.80. The number of thioether (sulfide) groups is 1. The van der Waals surface area contributed by atoms with Crippen molar-refractivity contribution in [2.24, 2.45) is 0 Å². The Bertz CT molecular complexity index is 945. The van der Waals surface area contributed by atoms with Crippen LogP contribution in [0.5, 0.6) is 0 Å². The maximum absolute atomic E-state index is 11.7. The van der Waals surface area contributed by atoms with Crippen LogP contribution in [-0.2, 0) is 17.6 Å². The third-order valence-corrected chi connectivity index (χ3v) is 9.18. The highest BCUT2D eigenvalue weighted by Gasteiger charge is 2.26. The molecule has 2 nitrogen and oxygen atoms in total. The predicted molar refractivity (Wildman–Crippen MR) is 153 cm³/mol. The molecule has 1 heterocycles. The van der Waals surface area contributed by atoms with E-state index in [4.69, 9.17) is 0 Å². The van der Waals surface area contributed by atoms with Crippen LogP contribution in [0.3, 0.4) is 0 Å². The number of hydrogen-bond acceptors (Lipinski definition) is 4. The van der Waals surface area contributed by atoms with Crippen molar-refractivity contribution in [2.45, 2.75) is 102 Å². The predicted octanol–water partition coefficient (Wildman–Crippen LogP) is 8.51. The van der Waals surface area contributed by atoms with E-state index in [1.54, 1.807) is 28.5 Å². The molecule has 0 radical (unpaired) electrons. The molecule has 1 aliphatic carbocycles. The summed E-state index contributed by atoms with van der Waals surface area (Å²) in [5.41, 5.74) is 9.32. The maximum Gasteiger partial charge on any atom is 0.167 e. The average molecular weight is 498 g/mol. The van der Waals surface area contributed by atoms with Gasteiger partial charge >= 0.3 is 0 Å². The van der Waals surface area contributed by atoms with Gasteiger partial charge in [-0.1, -0.05) is 50.1 Å². The quantitative estimate of drug-likeness (QED) is 0.143. The minimum absolute atomic E-state index is 0.0269. The molecule has 2 atom stereocenters. The maximum atomic E-state index is 11.7. The van der Waals surface area contributed by atoms with Gasteiger partial charge in [0, 0.05) is 23.6 Å². The smallest absolute Gasteiger partial charge is 0.167 e. The Morgan fingerprint density at radius 3 is 2.59 bits per heavy atom. The van der Waals surface area contributed by atoms with E-state index in [1.807, 2.05) is 11.9 Å². The largest absolute Gasteiger partial charge is 0.344 e. The molecule has 0 saturated carbocycles. The summed E-state index contributed by atoms with van der Waals surface area (Å²) in [4.78, 5) is 14.8. The van der Waals surface area contributed by atoms with Crippen molar-refractivity contribution in [3.05, 3.63) is 68.9 Å². The number of nitrogens with zero attached hydrogens (tertiary/aromatic N) is 1. The Morgan fingerprint density at radius 2 is 1.88 bits per heavy atom. The van der Waals surface area contributed by atoms with Crippen molar-refractivity contribution >= 4 is 30.7 Å². The van der Waals surface area contributed by atoms with Crippen LogP contribution in [-0.4, -0.2) is 22.8 Å². The number of benzene rings is 1. The zero-order chi connectivity index (χ0) is 24.7. The fourth-order valence-electron chi connectivity index (χ4n) is 5.46. The fourth-order valence-corrected chi connectivity index (χ4v) is 7.14. The van der Waals surface area contributed by atoms with E-state index in [2.05, 4.69) is 58.2 Å². The number of allylic oxidation sites excluding steroid dienone is 4. The van der Waals surface area contributed by atoms with E-state index in [-0.39, 0.29) is 4.58 Å². The molecule has 0 N–H and O–H groups in total. The first kappa shape index (κ1) is 27.2. The van der Waals surface area contributed by atoms with E-state index in [1.165, 1.54) is 56.1 Å². The molecule has 4 heteroatoms. The van der Waals surface area contributed by atoms with Crippen LogP contribution in [0.15, 0.2) is 46.7 Å². The van der Waals surface area contributed by atoms with Gasteiger partial charge in [-0.25, -0.2) is 0 Å². The van der Waals surface area contributed by atoms with Gasteiger partial charge in [0.1, 0.15) is 0 Å². The number of likely N-dealkylation sites (N-methyl/N-ethyl adjacent to an activating group) is 1. The third-order valence-electron chi connectivity index (χ3n) is 7.37. The van der Waals surface area contributed by atoms with Crippen LogP contribution in [0.1, 0.15) is 99.8 Å². The topological polar surface area (TPSA) is 20.3 Å². The Hall–Kier alpha value is -1.39. The lowest BCUT2D eigenvalue weighted by Gasteiger charge is -2.33. The zero-order valence-corrected chi connectivity index (χ0v) is 23.4. The molecular weight excluding hydrogens is 454 g/mol. The number of hydrogen-bond donors (Lipinski definition) is 1. The summed E-state index contributed by atoms with van der Waals surface area (Å²) in [6.45, 7) is 11.0. The summed E-state index contributed by atoms with van der Waals surface area (Å²) in [6.07, 6.45) is 16.6. The Labute approximate surface area is 217 Å². The molecule has 0 saturated heterocycles. The molecule has 1 aromatic carbocycles. The molecule has 186 valence electrons. The number of carbonyl (C=O) groups excluding carboxylic acids is 1. The normalized spacial score (nSPS) is 21.1. The van der Waals surface area contributed by atoms with Crippen LogP contribution >= 0.6 is 24.4 Å². The Balaban J connectivity index is 1.75. The van der Waals surface area contributed by atoms with E-state index < -0.39 is 0 Å². The number of aryl methyl sites for hydroxylation is 3. The molecule has 3 rings (SSSR count). The number of thiol groups is 1. The highest BCUT2D eigenvalue weighted by molar-refractivity contribution is 8.13. The van der Waals surface area contributed by atoms with Crippen LogP contribution in [0.25, 0.3) is 0 Å². The van der Waals surface area contributed by atoms with Crippen molar-refractivity contribution in [3.8, 4) is 0 Å². The van der Waals surface area contributed by atoms with Crippen molar-refractivity contribution < 1.29 is 4.79 Å². The zero-order valence-electron chi connectivity index (χ0n) is 21.7. The van der Waals surface area contributed by atoms with Gasteiger partial charge in [0.25, 0.3) is 0 Å². The molecular formula is C30H43NOS2. The van der Waals surface area contributed by atoms with E-state index in [0.717, 1.165) is 48.3 Å². The van der Waals surface area contributed by atoms with E-state index >= 15 is 0 Å². The van der Waals surface area contributed by atoms with Crippen LogP contribution in [0, 0.1) is 6.92 Å². The lowest BCUT2D eigenvalue weighted by Crippen LogP contribution is -2.27. The lowest BCUT2D eigenvalue weighted by molar-refractivity contribution is -0.106. The molecule has 0 bridgehead atoms. The monoisotopic (exact) mass is 497 g/mol. The fraction of sp³-hybridized carbons (Fsp3) is 0.567. The number of aldehydes is 1. The summed E-state index contributed by atoms with van der Waals surface area (Å²) < 4.78 is 0.0269. The molecule has 0 fully saturated rings. The van der Waals surface area contributed by atoms with Gasteiger partial charge in [-0.05, 0) is 93.9 Å². The molecule has 2 unspecified atom stereocenters. The van der Waals surface area contributed by atoms with Gasteiger partial charge in [0.2, 0.25) is 0 Å². The summed E-state index contributed by atoms with van der Waals surface area (Å²) in [5, 5.41) is 0. The van der Waals surface area contributed by atoms with Gasteiger partial charge in [0.05, 0.1) is 10.3 Å². The molecule has 0 aromatic heterocycles. The molecule has 0 spiro atoms. The second-order valence-electron chi connectivity index (χ2n) is 10.1. The standard InChI is InChI=1S/C30H43NOS2/c1-6-7-8-13-24-18-22(3)29(25-15-11-12-21(2)17-25)26(19-24)14-9-10-16-28-27(20-32)31(5)23(4)30(33)34-28/h17-20,25,30,33H,4,6-16H2,1-3,5H3. The van der Waals surface area contributed by atoms with Crippen molar-refractivity contribution in [2.75, 3.05) is 7.05 Å². The SMILES string of the molecule is C=C1C(S)SC(CCCCc2cc(CCCCC)cc(C)c2C2C=C(C)CCC2)=C(C=O)N1C. The second kappa shape index (κ2) is 13.1. The first-order chi connectivity index (χ1) is 16.3. The molecule has 34 heavy (non-hydrogen) atoms. The van der Waals surface area contributed by atoms with Gasteiger partial charge in [-0.15, -0.1) is 11.8 Å². The van der Waals surface area contributed by atoms with Crippen LogP contribution < -0.4 is 0 Å². The number of carbonyl (C=O) groups is 1. The minimum Gasteiger partial charge on any atom is -0.344 e. The molecule has 1 aromatic rings. The Morgan fingerprint density at radius 1 is 1.15 bits per heavy atom. The van der Waals surface area contributed by atoms with Gasteiger partial charge in [0.15, 0.2) is 6.29 Å². The summed E-state index contributed by atoms with van der Waals surface area (Å²) in [5.74, 6) is 0.566. The summed E-state index contributed by atoms with van der Waals surface area (Å²) in [6, 6.07) is 4.98.